The number of nitrogens with one attached hydrogen (secondary N) is 1. The summed E-state index contributed by atoms with van der Waals surface area (Å²) in [5, 5.41) is 3.40. The van der Waals surface area contributed by atoms with E-state index in [1.54, 1.807) is 0 Å². The zero-order chi connectivity index (χ0) is 14.8. The molecule has 1 aliphatic carbocycles. The Kier molecular flexibility index (Phi) is 4.65. The standard InChI is InChI=1S/C17H23BrN2O/c1-12-2-5-16(18)15(10-12)17(21)20(14-3-4-14)11-13-6-8-19-9-7-13/h2,5,10,13-14,19H,3-4,6-9,11H2,1H3. The molecule has 1 heterocycles. The lowest BCUT2D eigenvalue weighted by molar-refractivity contribution is 0.0700. The first kappa shape index (κ1) is 15.0. The highest BCUT2D eigenvalue weighted by Gasteiger charge is 2.35. The first-order chi connectivity index (χ1) is 10.1. The molecule has 0 unspecified atom stereocenters. The molecule has 0 spiro atoms. The molecule has 0 bridgehead atoms. The summed E-state index contributed by atoms with van der Waals surface area (Å²) in [6.45, 7) is 5.14. The van der Waals surface area contributed by atoms with Gasteiger partial charge < -0.3 is 10.2 Å². The van der Waals surface area contributed by atoms with Crippen molar-refractivity contribution >= 4 is 21.8 Å². The van der Waals surface area contributed by atoms with E-state index < -0.39 is 0 Å². The van der Waals surface area contributed by atoms with Crippen LogP contribution in [0.2, 0.25) is 0 Å². The molecule has 114 valence electrons. The number of aryl methyl sites for hydroxylation is 1. The highest BCUT2D eigenvalue weighted by atomic mass is 79.9. The van der Waals surface area contributed by atoms with Crippen molar-refractivity contribution in [2.75, 3.05) is 19.6 Å². The van der Waals surface area contributed by atoms with E-state index in [4.69, 9.17) is 0 Å². The van der Waals surface area contributed by atoms with Crippen LogP contribution in [0.4, 0.5) is 0 Å². The molecule has 0 aromatic heterocycles. The third-order valence-electron chi connectivity index (χ3n) is 4.51. The average Bonchev–Trinajstić information content (AvgIpc) is 3.32. The van der Waals surface area contributed by atoms with E-state index in [2.05, 4.69) is 26.1 Å². The molecule has 1 aromatic rings. The molecule has 4 heteroatoms. The van der Waals surface area contributed by atoms with Crippen LogP contribution in [-0.2, 0) is 0 Å². The smallest absolute Gasteiger partial charge is 0.255 e. The molecule has 3 rings (SSSR count). The summed E-state index contributed by atoms with van der Waals surface area (Å²) >= 11 is 3.54. The van der Waals surface area contributed by atoms with E-state index >= 15 is 0 Å². The molecule has 0 radical (unpaired) electrons. The van der Waals surface area contributed by atoms with Gasteiger partial charge in [0.25, 0.3) is 5.91 Å². The normalized spacial score (nSPS) is 19.5. The molecular formula is C17H23BrN2O. The predicted octanol–water partition coefficient (Wildman–Crippen LogP) is 3.36. The Morgan fingerprint density at radius 3 is 2.67 bits per heavy atom. The number of hydrogen-bond acceptors (Lipinski definition) is 2. The van der Waals surface area contributed by atoms with Crippen LogP contribution in [0.3, 0.4) is 0 Å². The van der Waals surface area contributed by atoms with Gasteiger partial charge in [0.05, 0.1) is 5.56 Å². The van der Waals surface area contributed by atoms with Gasteiger partial charge in [-0.15, -0.1) is 0 Å². The monoisotopic (exact) mass is 350 g/mol. The van der Waals surface area contributed by atoms with Crippen LogP contribution in [0.1, 0.15) is 41.6 Å². The molecule has 21 heavy (non-hydrogen) atoms. The first-order valence-electron chi connectivity index (χ1n) is 7.93. The quantitative estimate of drug-likeness (QED) is 0.902. The maximum atomic E-state index is 13.0. The van der Waals surface area contributed by atoms with Crippen molar-refractivity contribution in [3.8, 4) is 0 Å². The Bertz CT molecular complexity index is 522. The molecule has 1 saturated carbocycles. The lowest BCUT2D eigenvalue weighted by atomic mass is 9.97. The van der Waals surface area contributed by atoms with Gasteiger partial charge in [-0.1, -0.05) is 11.6 Å². The highest BCUT2D eigenvalue weighted by molar-refractivity contribution is 9.10. The van der Waals surface area contributed by atoms with Gasteiger partial charge in [0.2, 0.25) is 0 Å². The highest BCUT2D eigenvalue weighted by Crippen LogP contribution is 2.32. The molecular weight excluding hydrogens is 328 g/mol. The van der Waals surface area contributed by atoms with Gasteiger partial charge in [-0.3, -0.25) is 4.79 Å². The fourth-order valence-corrected chi connectivity index (χ4v) is 3.50. The molecule has 0 atom stereocenters. The van der Waals surface area contributed by atoms with E-state index in [-0.39, 0.29) is 5.91 Å². The summed E-state index contributed by atoms with van der Waals surface area (Å²) in [5.41, 5.74) is 1.95. The second-order valence-corrected chi connectivity index (χ2v) is 7.22. The van der Waals surface area contributed by atoms with Crippen LogP contribution in [0.5, 0.6) is 0 Å². The fraction of sp³-hybridized carbons (Fsp3) is 0.588. The lowest BCUT2D eigenvalue weighted by Crippen LogP contribution is -2.40. The van der Waals surface area contributed by atoms with E-state index in [0.717, 1.165) is 35.2 Å². The molecule has 1 aliphatic heterocycles. The number of rotatable bonds is 4. The van der Waals surface area contributed by atoms with Crippen LogP contribution in [-0.4, -0.2) is 36.5 Å². The Hall–Kier alpha value is -0.870. The van der Waals surface area contributed by atoms with Gasteiger partial charge in [0.1, 0.15) is 0 Å². The summed E-state index contributed by atoms with van der Waals surface area (Å²) in [4.78, 5) is 15.1. The summed E-state index contributed by atoms with van der Waals surface area (Å²) < 4.78 is 0.911. The Morgan fingerprint density at radius 1 is 1.29 bits per heavy atom. The van der Waals surface area contributed by atoms with Crippen LogP contribution in [0.25, 0.3) is 0 Å². The molecule has 2 aliphatic rings. The molecule has 1 saturated heterocycles. The third kappa shape index (κ3) is 3.67. The zero-order valence-corrected chi connectivity index (χ0v) is 14.2. The minimum Gasteiger partial charge on any atom is -0.335 e. The summed E-state index contributed by atoms with van der Waals surface area (Å²) in [5.74, 6) is 0.853. The maximum Gasteiger partial charge on any atom is 0.255 e. The first-order valence-corrected chi connectivity index (χ1v) is 8.72. The number of piperidine rings is 1. The lowest BCUT2D eigenvalue weighted by Gasteiger charge is -2.30. The van der Waals surface area contributed by atoms with Crippen molar-refractivity contribution in [1.82, 2.24) is 10.2 Å². The SMILES string of the molecule is Cc1ccc(Br)c(C(=O)N(CC2CCNCC2)C2CC2)c1. The second kappa shape index (κ2) is 6.49. The van der Waals surface area contributed by atoms with Crippen molar-refractivity contribution in [2.45, 2.75) is 38.6 Å². The van der Waals surface area contributed by atoms with Crippen molar-refractivity contribution in [3.63, 3.8) is 0 Å². The Balaban J connectivity index is 1.76. The van der Waals surface area contributed by atoms with E-state index in [1.165, 1.54) is 25.7 Å². The predicted molar refractivity (Wildman–Crippen MR) is 88.5 cm³/mol. The van der Waals surface area contributed by atoms with Crippen molar-refractivity contribution in [3.05, 3.63) is 33.8 Å². The summed E-state index contributed by atoms with van der Waals surface area (Å²) in [6.07, 6.45) is 4.71. The van der Waals surface area contributed by atoms with Crippen LogP contribution in [0, 0.1) is 12.8 Å². The number of hydrogen-bond donors (Lipinski definition) is 1. The Labute approximate surface area is 135 Å². The van der Waals surface area contributed by atoms with Gasteiger partial charge in [-0.05, 0) is 79.7 Å². The topological polar surface area (TPSA) is 32.3 Å². The summed E-state index contributed by atoms with van der Waals surface area (Å²) in [6, 6.07) is 6.50. The fourth-order valence-electron chi connectivity index (χ4n) is 3.08. The number of carbonyl (C=O) groups excluding carboxylic acids is 1. The van der Waals surface area contributed by atoms with E-state index in [9.17, 15) is 4.79 Å². The van der Waals surface area contributed by atoms with Crippen LogP contribution in [0.15, 0.2) is 22.7 Å². The molecule has 3 nitrogen and oxygen atoms in total. The second-order valence-electron chi connectivity index (χ2n) is 6.37. The molecule has 1 aromatic carbocycles. The average molecular weight is 351 g/mol. The zero-order valence-electron chi connectivity index (χ0n) is 12.6. The van der Waals surface area contributed by atoms with Gasteiger partial charge in [0, 0.05) is 17.1 Å². The van der Waals surface area contributed by atoms with Gasteiger partial charge in [0.15, 0.2) is 0 Å². The third-order valence-corrected chi connectivity index (χ3v) is 5.21. The Morgan fingerprint density at radius 2 is 2.00 bits per heavy atom. The van der Waals surface area contributed by atoms with Crippen LogP contribution < -0.4 is 5.32 Å². The van der Waals surface area contributed by atoms with Crippen molar-refractivity contribution < 1.29 is 4.79 Å². The largest absolute Gasteiger partial charge is 0.335 e. The van der Waals surface area contributed by atoms with Crippen LogP contribution >= 0.6 is 15.9 Å². The molecule has 1 N–H and O–H groups in total. The maximum absolute atomic E-state index is 13.0. The van der Waals surface area contributed by atoms with Crippen molar-refractivity contribution in [2.24, 2.45) is 5.92 Å². The van der Waals surface area contributed by atoms with Gasteiger partial charge >= 0.3 is 0 Å². The minimum atomic E-state index is 0.201. The van der Waals surface area contributed by atoms with Gasteiger partial charge in [-0.25, -0.2) is 0 Å². The number of nitrogens with zero attached hydrogens (tertiary/aromatic N) is 1. The molecule has 1 amide bonds. The number of benzene rings is 1. The van der Waals surface area contributed by atoms with Gasteiger partial charge in [-0.2, -0.15) is 0 Å². The van der Waals surface area contributed by atoms with E-state index in [1.807, 2.05) is 25.1 Å². The molecule has 2 fully saturated rings. The minimum absolute atomic E-state index is 0.201. The number of carbonyl (C=O) groups is 1. The van der Waals surface area contributed by atoms with E-state index in [0.29, 0.717) is 12.0 Å². The number of amides is 1. The number of halogens is 1. The van der Waals surface area contributed by atoms with Crippen molar-refractivity contribution in [1.29, 1.82) is 0 Å². The summed E-state index contributed by atoms with van der Waals surface area (Å²) in [7, 11) is 0.